The smallest absolute Gasteiger partial charge is 0.251 e. The van der Waals surface area contributed by atoms with Crippen LogP contribution in [-0.2, 0) is 22.6 Å². The molecule has 242 valence electrons. The van der Waals surface area contributed by atoms with Gasteiger partial charge < -0.3 is 30.9 Å². The third-order valence-electron chi connectivity index (χ3n) is 8.28. The van der Waals surface area contributed by atoms with E-state index in [2.05, 4.69) is 42.9 Å². The number of aryl methyl sites for hydroxylation is 1. The van der Waals surface area contributed by atoms with Gasteiger partial charge in [-0.2, -0.15) is 0 Å². The predicted octanol–water partition coefficient (Wildman–Crippen LogP) is 5.45. The number of amides is 3. The third-order valence-corrected chi connectivity index (χ3v) is 9.10. The molecule has 5 rings (SSSR count). The lowest BCUT2D eigenvalue weighted by Gasteiger charge is -2.29. The van der Waals surface area contributed by atoms with E-state index >= 15 is 0 Å². The first-order valence-electron chi connectivity index (χ1n) is 15.8. The van der Waals surface area contributed by atoms with Crippen LogP contribution < -0.4 is 20.9 Å². The van der Waals surface area contributed by atoms with Gasteiger partial charge in [0.05, 0.1) is 22.8 Å². The number of nitrogens with one attached hydrogen (secondary N) is 4. The van der Waals surface area contributed by atoms with Gasteiger partial charge in [0.2, 0.25) is 11.8 Å². The van der Waals surface area contributed by atoms with Crippen molar-refractivity contribution in [3.8, 4) is 11.3 Å². The molecule has 2 heterocycles. The number of aromatic nitrogens is 1. The number of aromatic amines is 1. The summed E-state index contributed by atoms with van der Waals surface area (Å²) in [6.07, 6.45) is 0.791. The zero-order valence-electron chi connectivity index (χ0n) is 26.7. The summed E-state index contributed by atoms with van der Waals surface area (Å²) in [5, 5.41) is 19.7. The number of aliphatic hydroxyl groups excluding tert-OH is 1. The van der Waals surface area contributed by atoms with Crippen molar-refractivity contribution in [3.63, 3.8) is 0 Å². The van der Waals surface area contributed by atoms with Crippen LogP contribution in [0.2, 0.25) is 0 Å². The van der Waals surface area contributed by atoms with Crippen LogP contribution in [0.4, 0.5) is 5.69 Å². The monoisotopic (exact) mass is 687 g/mol. The molecule has 10 heteroatoms. The third kappa shape index (κ3) is 7.52. The summed E-state index contributed by atoms with van der Waals surface area (Å²) in [7, 11) is 0. The van der Waals surface area contributed by atoms with Gasteiger partial charge in [0.25, 0.3) is 5.91 Å². The number of fused-ring (bicyclic) bond motifs is 2. The molecule has 3 aromatic carbocycles. The van der Waals surface area contributed by atoms with Crippen LogP contribution in [0.5, 0.6) is 0 Å². The standard InChI is InChI=1S/C36H42BrN5O4/c1-5-38-34(45)26-12-8-7-11-25(26)33-32(37)27-18-23(14-16-28(27)41-33)21-42-30-13-9-6-10-24(30)15-17-29(35(42)46)40-31(44)19-36(3,4)39-20-22(2)43/h6-14,16,18,22,29,39,41,43H,5,15,17,19-21H2,1-4H3,(H,38,45)(H,40,44). The summed E-state index contributed by atoms with van der Waals surface area (Å²) in [5.74, 6) is -0.507. The maximum absolute atomic E-state index is 14.1. The summed E-state index contributed by atoms with van der Waals surface area (Å²) in [6, 6.07) is 20.8. The van der Waals surface area contributed by atoms with E-state index in [4.69, 9.17) is 0 Å². The maximum Gasteiger partial charge on any atom is 0.251 e. The van der Waals surface area contributed by atoms with Gasteiger partial charge in [-0.25, -0.2) is 0 Å². The molecule has 2 unspecified atom stereocenters. The number of carbonyl (C=O) groups is 3. The zero-order valence-corrected chi connectivity index (χ0v) is 28.3. The number of hydrogen-bond acceptors (Lipinski definition) is 5. The van der Waals surface area contributed by atoms with E-state index in [1.165, 1.54) is 0 Å². The van der Waals surface area contributed by atoms with Gasteiger partial charge in [0.1, 0.15) is 6.04 Å². The van der Waals surface area contributed by atoms with Gasteiger partial charge in [-0.15, -0.1) is 0 Å². The van der Waals surface area contributed by atoms with Crippen LogP contribution in [0.15, 0.2) is 71.2 Å². The lowest BCUT2D eigenvalue weighted by molar-refractivity contribution is -0.128. The molecule has 1 aliphatic rings. The number of halogens is 1. The summed E-state index contributed by atoms with van der Waals surface area (Å²) in [6.45, 7) is 8.63. The number of rotatable bonds is 11. The highest BCUT2D eigenvalue weighted by molar-refractivity contribution is 9.10. The average Bonchev–Trinajstić information content (AvgIpc) is 3.29. The molecule has 0 spiro atoms. The highest BCUT2D eigenvalue weighted by Gasteiger charge is 2.33. The molecule has 0 fully saturated rings. The molecule has 2 atom stereocenters. The topological polar surface area (TPSA) is 127 Å². The largest absolute Gasteiger partial charge is 0.392 e. The van der Waals surface area contributed by atoms with Crippen molar-refractivity contribution in [2.75, 3.05) is 18.0 Å². The number of H-pyrrole nitrogens is 1. The Hall–Kier alpha value is -3.99. The first kappa shape index (κ1) is 33.4. The van der Waals surface area contributed by atoms with Crippen molar-refractivity contribution in [3.05, 3.63) is 87.9 Å². The van der Waals surface area contributed by atoms with E-state index < -0.39 is 17.7 Å². The number of nitrogens with zero attached hydrogens (tertiary/aromatic N) is 1. The van der Waals surface area contributed by atoms with Gasteiger partial charge in [-0.3, -0.25) is 14.4 Å². The Morgan fingerprint density at radius 3 is 2.61 bits per heavy atom. The summed E-state index contributed by atoms with van der Waals surface area (Å²) in [4.78, 5) is 45.3. The Morgan fingerprint density at radius 2 is 1.85 bits per heavy atom. The molecule has 1 aromatic heterocycles. The van der Waals surface area contributed by atoms with Crippen LogP contribution >= 0.6 is 15.9 Å². The van der Waals surface area contributed by atoms with Crippen LogP contribution in [0.3, 0.4) is 0 Å². The quantitative estimate of drug-likeness (QED) is 0.143. The first-order valence-corrected chi connectivity index (χ1v) is 16.6. The molecule has 0 radical (unpaired) electrons. The molecule has 9 nitrogen and oxygen atoms in total. The molecule has 1 aliphatic heterocycles. The van der Waals surface area contributed by atoms with Crippen molar-refractivity contribution in [1.29, 1.82) is 0 Å². The molecule has 0 saturated heterocycles. The Labute approximate surface area is 278 Å². The van der Waals surface area contributed by atoms with E-state index in [9.17, 15) is 19.5 Å². The summed E-state index contributed by atoms with van der Waals surface area (Å²) in [5.41, 5.74) is 5.35. The van der Waals surface area contributed by atoms with Crippen LogP contribution in [-0.4, -0.2) is 58.6 Å². The van der Waals surface area contributed by atoms with Crippen molar-refractivity contribution in [2.24, 2.45) is 0 Å². The van der Waals surface area contributed by atoms with E-state index in [0.717, 1.165) is 43.4 Å². The van der Waals surface area contributed by atoms with Crippen LogP contribution in [0.1, 0.15) is 62.0 Å². The van der Waals surface area contributed by atoms with Crippen molar-refractivity contribution < 1.29 is 19.5 Å². The minimum atomic E-state index is -0.674. The van der Waals surface area contributed by atoms with E-state index in [1.54, 1.807) is 11.8 Å². The molecular weight excluding hydrogens is 646 g/mol. The second-order valence-corrected chi connectivity index (χ2v) is 13.4. The van der Waals surface area contributed by atoms with Gasteiger partial charge in [-0.05, 0) is 91.9 Å². The van der Waals surface area contributed by atoms with E-state index in [1.807, 2.05) is 81.4 Å². The fourth-order valence-corrected chi connectivity index (χ4v) is 6.61. The van der Waals surface area contributed by atoms with Crippen molar-refractivity contribution in [2.45, 2.75) is 71.2 Å². The molecule has 0 saturated carbocycles. The number of aliphatic hydroxyl groups is 1. The average molecular weight is 689 g/mol. The molecule has 4 aromatic rings. The van der Waals surface area contributed by atoms with Crippen molar-refractivity contribution >= 4 is 50.2 Å². The predicted molar refractivity (Wildman–Crippen MR) is 186 cm³/mol. The number of para-hydroxylation sites is 1. The number of anilines is 1. The molecule has 0 aliphatic carbocycles. The second-order valence-electron chi connectivity index (χ2n) is 12.6. The highest BCUT2D eigenvalue weighted by Crippen LogP contribution is 2.37. The SMILES string of the molecule is CCNC(=O)c1ccccc1-c1[nH]c2ccc(CN3C(=O)C(NC(=O)CC(C)(C)NCC(C)O)CCc4ccccc43)cc2c1Br. The summed E-state index contributed by atoms with van der Waals surface area (Å²) >= 11 is 3.79. The molecule has 0 bridgehead atoms. The van der Waals surface area contributed by atoms with Crippen molar-refractivity contribution in [1.82, 2.24) is 20.9 Å². The Morgan fingerprint density at radius 1 is 1.11 bits per heavy atom. The minimum Gasteiger partial charge on any atom is -0.392 e. The highest BCUT2D eigenvalue weighted by atomic mass is 79.9. The minimum absolute atomic E-state index is 0.135. The Balaban J connectivity index is 1.42. The number of β-amino-alcohol motifs (C(OH)–C–C–N with tert-alkyl or cyclic N) is 1. The van der Waals surface area contributed by atoms with Crippen LogP contribution in [0, 0.1) is 0 Å². The lowest BCUT2D eigenvalue weighted by atomic mass is 9.99. The normalized spacial score (nSPS) is 15.7. The number of hydrogen-bond donors (Lipinski definition) is 5. The zero-order chi connectivity index (χ0) is 33.0. The van der Waals surface area contributed by atoms with E-state index in [0.29, 0.717) is 38.0 Å². The molecular formula is C36H42BrN5O4. The summed E-state index contributed by atoms with van der Waals surface area (Å²) < 4.78 is 0.834. The van der Waals surface area contributed by atoms with Crippen LogP contribution in [0.25, 0.3) is 22.2 Å². The number of carbonyl (C=O) groups excluding carboxylic acids is 3. The fourth-order valence-electron chi connectivity index (χ4n) is 5.97. The van der Waals surface area contributed by atoms with E-state index in [-0.39, 0.29) is 24.1 Å². The van der Waals surface area contributed by atoms with Gasteiger partial charge in [0.15, 0.2) is 0 Å². The molecule has 5 N–H and O–H groups in total. The maximum atomic E-state index is 14.1. The second kappa shape index (κ2) is 14.2. The first-order chi connectivity index (χ1) is 22.0. The lowest BCUT2D eigenvalue weighted by Crippen LogP contribution is -2.51. The number of benzene rings is 3. The molecule has 3 amide bonds. The van der Waals surface area contributed by atoms with Gasteiger partial charge in [-0.1, -0.05) is 42.5 Å². The van der Waals surface area contributed by atoms with Gasteiger partial charge in [0, 0.05) is 52.8 Å². The molecule has 46 heavy (non-hydrogen) atoms. The van der Waals surface area contributed by atoms with Gasteiger partial charge >= 0.3 is 0 Å². The fraction of sp³-hybridized carbons (Fsp3) is 0.361. The Bertz CT molecular complexity index is 1750. The Kier molecular flexibility index (Phi) is 10.3.